The third-order valence-corrected chi connectivity index (χ3v) is 2.78. The van der Waals surface area contributed by atoms with Gasteiger partial charge in [0, 0.05) is 6.54 Å². The zero-order chi connectivity index (χ0) is 19.0. The van der Waals surface area contributed by atoms with Crippen molar-refractivity contribution >= 4 is 12.0 Å². The average molecular weight is 362 g/mol. The molecule has 0 aliphatic heterocycles. The monoisotopic (exact) mass is 362 g/mol. The highest BCUT2D eigenvalue weighted by Gasteiger charge is 2.25. The fourth-order valence-corrected chi connectivity index (χ4v) is 1.72. The molecule has 140 valence electrons. The van der Waals surface area contributed by atoms with Gasteiger partial charge in [-0.25, -0.2) is 9.18 Å². The number of nitrogens with one attached hydrogen (secondary N) is 2. The average Bonchev–Trinajstić information content (AvgIpc) is 2.48. The van der Waals surface area contributed by atoms with Crippen LogP contribution in [0, 0.1) is 5.82 Å². The van der Waals surface area contributed by atoms with Crippen LogP contribution in [0.2, 0.25) is 0 Å². The van der Waals surface area contributed by atoms with E-state index >= 15 is 0 Å². The number of carbonyl (C=O) groups is 2. The van der Waals surface area contributed by atoms with Crippen molar-refractivity contribution in [3.63, 3.8) is 0 Å². The van der Waals surface area contributed by atoms with Gasteiger partial charge in [0.25, 0.3) is 0 Å². The molecule has 0 spiro atoms. The second-order valence-corrected chi connectivity index (χ2v) is 6.14. The molecule has 0 bridgehead atoms. The molecule has 0 saturated carbocycles. The molecule has 1 aromatic carbocycles. The minimum Gasteiger partial charge on any atom is -0.444 e. The Balaban J connectivity index is 2.64. The maximum Gasteiger partial charge on any atom is 0.408 e. The summed E-state index contributed by atoms with van der Waals surface area (Å²) in [5.74, 6) is -1.17. The zero-order valence-corrected chi connectivity index (χ0v) is 14.1. The molecule has 1 aromatic rings. The lowest BCUT2D eigenvalue weighted by Gasteiger charge is -2.23. The first-order chi connectivity index (χ1) is 11.6. The molecule has 0 fully saturated rings. The fourth-order valence-electron chi connectivity index (χ4n) is 1.72. The number of carbonyl (C=O) groups excluding carboxylic acids is 2. The third-order valence-electron chi connectivity index (χ3n) is 2.78. The van der Waals surface area contributed by atoms with Gasteiger partial charge in [-0.15, -0.1) is 0 Å². The molecule has 25 heavy (non-hydrogen) atoms. The molecule has 0 radical (unpaired) electrons. The molecule has 1 atom stereocenters. The van der Waals surface area contributed by atoms with Gasteiger partial charge < -0.3 is 20.1 Å². The molecule has 6 nitrogen and oxygen atoms in total. The number of alkyl halides is 2. The number of ether oxygens (including phenoxy) is 2. The molecule has 1 rings (SSSR count). The largest absolute Gasteiger partial charge is 0.444 e. The van der Waals surface area contributed by atoms with Gasteiger partial charge in [0.2, 0.25) is 5.91 Å². The number of hydrogen-bond donors (Lipinski definition) is 2. The van der Waals surface area contributed by atoms with E-state index in [2.05, 4.69) is 15.4 Å². The van der Waals surface area contributed by atoms with E-state index < -0.39 is 42.7 Å². The summed E-state index contributed by atoms with van der Waals surface area (Å²) in [6.45, 7) is 1.06. The second kappa shape index (κ2) is 9.26. The molecule has 2 amide bonds. The van der Waals surface area contributed by atoms with Crippen LogP contribution in [-0.2, 0) is 20.8 Å². The van der Waals surface area contributed by atoms with E-state index in [9.17, 15) is 22.8 Å². The number of hydrogen-bond acceptors (Lipinski definition) is 4. The first-order valence-electron chi connectivity index (χ1n) is 7.48. The highest BCUT2D eigenvalue weighted by Crippen LogP contribution is 2.07. The number of alkyl carbamates (subject to hydrolysis) is 1. The van der Waals surface area contributed by atoms with Crippen molar-refractivity contribution in [3.05, 3.63) is 35.6 Å². The van der Waals surface area contributed by atoms with Gasteiger partial charge in [-0.1, -0.05) is 12.1 Å². The Morgan fingerprint density at radius 2 is 1.76 bits per heavy atom. The van der Waals surface area contributed by atoms with E-state index in [0.29, 0.717) is 5.56 Å². The molecule has 2 N–H and O–H groups in total. The number of amides is 2. The Labute approximate surface area is 143 Å². The van der Waals surface area contributed by atoms with Crippen LogP contribution in [0.25, 0.3) is 0 Å². The van der Waals surface area contributed by atoms with Crippen molar-refractivity contribution in [1.29, 1.82) is 0 Å². The summed E-state index contributed by atoms with van der Waals surface area (Å²) in [4.78, 5) is 23.8. The number of halogens is 3. The minimum atomic E-state index is -3.09. The van der Waals surface area contributed by atoms with Crippen molar-refractivity contribution in [2.24, 2.45) is 0 Å². The Morgan fingerprint density at radius 1 is 1.16 bits per heavy atom. The van der Waals surface area contributed by atoms with Crippen LogP contribution in [0.4, 0.5) is 18.0 Å². The van der Waals surface area contributed by atoms with Crippen LogP contribution < -0.4 is 10.6 Å². The topological polar surface area (TPSA) is 76.7 Å². The summed E-state index contributed by atoms with van der Waals surface area (Å²) < 4.78 is 46.4. The van der Waals surface area contributed by atoms with Gasteiger partial charge in [-0.2, -0.15) is 8.78 Å². The first kappa shape index (κ1) is 20.8. The van der Waals surface area contributed by atoms with Gasteiger partial charge in [-0.3, -0.25) is 4.79 Å². The molecule has 0 heterocycles. The quantitative estimate of drug-likeness (QED) is 0.782. The van der Waals surface area contributed by atoms with Gasteiger partial charge in [-0.05, 0) is 38.5 Å². The maximum atomic E-state index is 12.8. The summed E-state index contributed by atoms with van der Waals surface area (Å²) in [5.41, 5.74) is -0.219. The third kappa shape index (κ3) is 8.94. The van der Waals surface area contributed by atoms with E-state index in [1.807, 2.05) is 0 Å². The van der Waals surface area contributed by atoms with E-state index in [1.54, 1.807) is 20.8 Å². The van der Waals surface area contributed by atoms with Gasteiger partial charge in [0.05, 0.1) is 6.61 Å². The predicted octanol–water partition coefficient (Wildman–Crippen LogP) is 2.57. The Bertz CT molecular complexity index is 574. The zero-order valence-electron chi connectivity index (χ0n) is 14.1. The predicted molar refractivity (Wildman–Crippen MR) is 83.4 cm³/mol. The molecule has 0 saturated heterocycles. The van der Waals surface area contributed by atoms with Crippen molar-refractivity contribution in [1.82, 2.24) is 10.6 Å². The van der Waals surface area contributed by atoms with Crippen molar-refractivity contribution < 1.29 is 32.2 Å². The van der Waals surface area contributed by atoms with Crippen LogP contribution in [0.1, 0.15) is 26.3 Å². The molecule has 0 aliphatic rings. The standard InChI is InChI=1S/C16H21F3N2O4/c1-16(2,3)25-15(23)21-12(9-24-14(18)19)13(22)20-8-10-4-6-11(17)7-5-10/h4-7,12,14H,8-9H2,1-3H3,(H,20,22)(H,21,23). The van der Waals surface area contributed by atoms with E-state index in [4.69, 9.17) is 4.74 Å². The molecular weight excluding hydrogens is 341 g/mol. The van der Waals surface area contributed by atoms with Crippen LogP contribution in [0.5, 0.6) is 0 Å². The fraction of sp³-hybridized carbons (Fsp3) is 0.500. The highest BCUT2D eigenvalue weighted by atomic mass is 19.3. The summed E-state index contributed by atoms with van der Waals surface area (Å²) in [7, 11) is 0. The van der Waals surface area contributed by atoms with Gasteiger partial charge in [0.15, 0.2) is 0 Å². The van der Waals surface area contributed by atoms with Gasteiger partial charge >= 0.3 is 12.7 Å². The van der Waals surface area contributed by atoms with E-state index in [-0.39, 0.29) is 6.54 Å². The molecule has 0 aliphatic carbocycles. The van der Waals surface area contributed by atoms with Crippen LogP contribution in [-0.4, -0.2) is 36.9 Å². The minimum absolute atomic E-state index is 0.0281. The Kier molecular flexibility index (Phi) is 7.69. The lowest BCUT2D eigenvalue weighted by atomic mass is 10.2. The number of benzene rings is 1. The van der Waals surface area contributed by atoms with Crippen molar-refractivity contribution in [3.8, 4) is 0 Å². The smallest absolute Gasteiger partial charge is 0.408 e. The number of rotatable bonds is 7. The SMILES string of the molecule is CC(C)(C)OC(=O)NC(COC(F)F)C(=O)NCc1ccc(F)cc1. The second-order valence-electron chi connectivity index (χ2n) is 6.14. The van der Waals surface area contributed by atoms with Crippen LogP contribution in [0.3, 0.4) is 0 Å². The lowest BCUT2D eigenvalue weighted by molar-refractivity contribution is -0.143. The summed E-state index contributed by atoms with van der Waals surface area (Å²) >= 11 is 0. The molecular formula is C16H21F3N2O4. The first-order valence-corrected chi connectivity index (χ1v) is 7.48. The van der Waals surface area contributed by atoms with E-state index in [0.717, 1.165) is 0 Å². The Morgan fingerprint density at radius 3 is 2.28 bits per heavy atom. The van der Waals surface area contributed by atoms with Crippen LogP contribution in [0.15, 0.2) is 24.3 Å². The highest BCUT2D eigenvalue weighted by molar-refractivity contribution is 5.85. The van der Waals surface area contributed by atoms with Crippen molar-refractivity contribution in [2.45, 2.75) is 45.6 Å². The molecule has 1 unspecified atom stereocenters. The Hall–Kier alpha value is -2.29. The normalized spacial score (nSPS) is 12.6. The summed E-state index contributed by atoms with van der Waals surface area (Å²) in [5, 5.41) is 4.64. The lowest BCUT2D eigenvalue weighted by Crippen LogP contribution is -2.50. The van der Waals surface area contributed by atoms with Crippen molar-refractivity contribution in [2.75, 3.05) is 6.61 Å². The molecule has 9 heteroatoms. The van der Waals surface area contributed by atoms with E-state index in [1.165, 1.54) is 24.3 Å². The van der Waals surface area contributed by atoms with Crippen LogP contribution >= 0.6 is 0 Å². The van der Waals surface area contributed by atoms with Gasteiger partial charge in [0.1, 0.15) is 17.5 Å². The maximum absolute atomic E-state index is 12.8. The summed E-state index contributed by atoms with van der Waals surface area (Å²) in [6.07, 6.45) is -0.938. The summed E-state index contributed by atoms with van der Waals surface area (Å²) in [6, 6.07) is 3.99. The molecule has 0 aromatic heterocycles.